The summed E-state index contributed by atoms with van der Waals surface area (Å²) in [6.45, 7) is 6.60. The molecule has 2 aromatic rings. The van der Waals surface area contributed by atoms with Gasteiger partial charge in [0.25, 0.3) is 0 Å². The Bertz CT molecular complexity index is 989. The van der Waals surface area contributed by atoms with E-state index in [4.69, 9.17) is 5.73 Å². The lowest BCUT2D eigenvalue weighted by Crippen LogP contribution is -2.56. The van der Waals surface area contributed by atoms with Crippen molar-refractivity contribution < 1.29 is 18.8 Å². The van der Waals surface area contributed by atoms with Crippen LogP contribution in [0.1, 0.15) is 57.6 Å². The van der Waals surface area contributed by atoms with Crippen molar-refractivity contribution in [1.29, 1.82) is 0 Å². The molecule has 0 aliphatic heterocycles. The Kier molecular flexibility index (Phi) is 15.4. The summed E-state index contributed by atoms with van der Waals surface area (Å²) in [5.41, 5.74) is 7.80. The molecule has 0 saturated carbocycles. The maximum absolute atomic E-state index is 13.4. The van der Waals surface area contributed by atoms with E-state index in [1.807, 2.05) is 51.1 Å². The number of benzene rings is 2. The van der Waals surface area contributed by atoms with Gasteiger partial charge in [0.2, 0.25) is 17.7 Å². The fourth-order valence-electron chi connectivity index (χ4n) is 3.98. The second-order valence-electron chi connectivity index (χ2n) is 9.87. The van der Waals surface area contributed by atoms with Gasteiger partial charge in [-0.25, -0.2) is 4.39 Å². The predicted octanol–water partition coefficient (Wildman–Crippen LogP) is 3.68. The molecule has 2 rings (SSSR count). The molecule has 0 radical (unpaired) electrons. The van der Waals surface area contributed by atoms with E-state index in [2.05, 4.69) is 16.0 Å². The van der Waals surface area contributed by atoms with Gasteiger partial charge in [-0.3, -0.25) is 19.7 Å². The molecule has 0 fully saturated rings. The molecule has 1 unspecified atom stereocenters. The fourth-order valence-corrected chi connectivity index (χ4v) is 3.98. The third kappa shape index (κ3) is 12.2. The van der Waals surface area contributed by atoms with E-state index in [0.717, 1.165) is 24.8 Å². The zero-order valence-electron chi connectivity index (χ0n) is 22.5. The second kappa shape index (κ2) is 17.7. The zero-order valence-corrected chi connectivity index (χ0v) is 23.4. The summed E-state index contributed by atoms with van der Waals surface area (Å²) in [5.74, 6) is -1.70. The van der Waals surface area contributed by atoms with E-state index in [1.165, 1.54) is 12.1 Å². The minimum Gasteiger partial charge on any atom is -0.343 e. The summed E-state index contributed by atoms with van der Waals surface area (Å²) in [6.07, 6.45) is 3.56. The Morgan fingerprint density at radius 1 is 0.895 bits per heavy atom. The van der Waals surface area contributed by atoms with Crippen LogP contribution < -0.4 is 21.7 Å². The van der Waals surface area contributed by atoms with Crippen LogP contribution in [-0.2, 0) is 27.2 Å². The van der Waals surface area contributed by atoms with Crippen molar-refractivity contribution in [2.24, 2.45) is 11.7 Å². The molecule has 0 heterocycles. The number of halogens is 2. The molecule has 0 aromatic heterocycles. The van der Waals surface area contributed by atoms with Gasteiger partial charge in [-0.1, -0.05) is 76.1 Å². The van der Waals surface area contributed by atoms with Crippen LogP contribution in [0.25, 0.3) is 0 Å². The number of amides is 3. The molecule has 0 bridgehead atoms. The van der Waals surface area contributed by atoms with Crippen LogP contribution in [0.3, 0.4) is 0 Å². The highest BCUT2D eigenvalue weighted by Crippen LogP contribution is 2.09. The maximum atomic E-state index is 13.4. The van der Waals surface area contributed by atoms with Crippen LogP contribution in [0, 0.1) is 11.7 Å². The van der Waals surface area contributed by atoms with Gasteiger partial charge in [-0.2, -0.15) is 0 Å². The number of carbonyl (C=O) groups excluding carboxylic acids is 3. The molecular weight excluding hydrogens is 507 g/mol. The van der Waals surface area contributed by atoms with Gasteiger partial charge in [0.1, 0.15) is 11.9 Å². The van der Waals surface area contributed by atoms with E-state index in [1.54, 1.807) is 12.1 Å². The largest absolute Gasteiger partial charge is 0.343 e. The molecule has 0 spiro atoms. The number of imide groups is 1. The van der Waals surface area contributed by atoms with Gasteiger partial charge in [0.15, 0.2) is 0 Å². The average molecular weight is 549 g/mol. The zero-order chi connectivity index (χ0) is 27.2. The third-order valence-corrected chi connectivity index (χ3v) is 6.11. The van der Waals surface area contributed by atoms with Crippen molar-refractivity contribution in [3.8, 4) is 0 Å². The van der Waals surface area contributed by atoms with E-state index >= 15 is 0 Å². The van der Waals surface area contributed by atoms with E-state index in [9.17, 15) is 18.8 Å². The first-order valence-electron chi connectivity index (χ1n) is 13.1. The van der Waals surface area contributed by atoms with Crippen molar-refractivity contribution in [3.63, 3.8) is 0 Å². The molecule has 0 aliphatic rings. The average Bonchev–Trinajstić information content (AvgIpc) is 2.87. The molecule has 5 N–H and O–H groups in total. The van der Waals surface area contributed by atoms with Crippen LogP contribution >= 0.6 is 12.4 Å². The molecule has 38 heavy (non-hydrogen) atoms. The van der Waals surface area contributed by atoms with Crippen LogP contribution in [0.5, 0.6) is 0 Å². The Labute approximate surface area is 231 Å². The standard InChI is InChI=1S/C29H41FN4O3.ClH/c1-4-5-11-24(31)27(35)33-26(19-22-12-14-23(30)15-13-22)29(37)34-28(36)25(18-20(2)3)32-17-16-21-9-7-6-8-10-21;/h6-10,12-15,20,24-26,32H,4-5,11,16-19,31H2,1-3H3,(H,33,35)(H,34,36,37);1H/t24-,25-,26?;/m0./s1. The van der Waals surface area contributed by atoms with Gasteiger partial charge in [0, 0.05) is 6.42 Å². The highest BCUT2D eigenvalue weighted by molar-refractivity contribution is 6.01. The van der Waals surface area contributed by atoms with Gasteiger partial charge in [0.05, 0.1) is 12.1 Å². The molecule has 9 heteroatoms. The number of nitrogens with one attached hydrogen (secondary N) is 3. The van der Waals surface area contributed by atoms with Crippen molar-refractivity contribution in [2.75, 3.05) is 6.54 Å². The summed E-state index contributed by atoms with van der Waals surface area (Å²) in [6, 6.07) is 13.3. The second-order valence-corrected chi connectivity index (χ2v) is 9.87. The molecule has 3 atom stereocenters. The van der Waals surface area contributed by atoms with Crippen molar-refractivity contribution in [1.82, 2.24) is 16.0 Å². The summed E-state index contributed by atoms with van der Waals surface area (Å²) in [7, 11) is 0. The third-order valence-electron chi connectivity index (χ3n) is 6.11. The van der Waals surface area contributed by atoms with Crippen LogP contribution in [0.15, 0.2) is 54.6 Å². The number of rotatable bonds is 15. The highest BCUT2D eigenvalue weighted by Gasteiger charge is 2.28. The number of nitrogens with two attached hydrogens (primary N) is 1. The van der Waals surface area contributed by atoms with Crippen LogP contribution in [0.2, 0.25) is 0 Å². The Morgan fingerprint density at radius 3 is 2.13 bits per heavy atom. The summed E-state index contributed by atoms with van der Waals surface area (Å²) in [5, 5.41) is 8.45. The first-order chi connectivity index (χ1) is 17.7. The monoisotopic (exact) mass is 548 g/mol. The van der Waals surface area contributed by atoms with Gasteiger partial charge >= 0.3 is 0 Å². The first kappa shape index (κ1) is 33.2. The SMILES string of the molecule is CCCC[C@H](N)C(=O)NC(Cc1ccc(F)cc1)C(=O)NC(=O)[C@H](CC(C)C)NCCc1ccccc1.Cl. The Hall–Kier alpha value is -2.81. The molecule has 0 aliphatic carbocycles. The van der Waals surface area contributed by atoms with E-state index in [0.29, 0.717) is 24.9 Å². The van der Waals surface area contributed by atoms with Gasteiger partial charge in [-0.05, 0) is 55.0 Å². The topological polar surface area (TPSA) is 113 Å². The minimum atomic E-state index is -1.03. The van der Waals surface area contributed by atoms with Crippen molar-refractivity contribution >= 4 is 30.1 Å². The maximum Gasteiger partial charge on any atom is 0.249 e. The van der Waals surface area contributed by atoms with Crippen LogP contribution in [-0.4, -0.2) is 42.4 Å². The predicted molar refractivity (Wildman–Crippen MR) is 151 cm³/mol. The molecular formula is C29H42ClFN4O3. The number of hydrogen-bond donors (Lipinski definition) is 4. The summed E-state index contributed by atoms with van der Waals surface area (Å²) < 4.78 is 13.4. The van der Waals surface area contributed by atoms with Crippen molar-refractivity contribution in [2.45, 2.75) is 77.4 Å². The fraction of sp³-hybridized carbons (Fsp3) is 0.483. The quantitative estimate of drug-likeness (QED) is 0.271. The lowest BCUT2D eigenvalue weighted by atomic mass is 10.0. The molecule has 0 saturated heterocycles. The smallest absolute Gasteiger partial charge is 0.249 e. The first-order valence-corrected chi connectivity index (χ1v) is 13.1. The number of hydrogen-bond acceptors (Lipinski definition) is 5. The Balaban J connectivity index is 0.00000722. The summed E-state index contributed by atoms with van der Waals surface area (Å²) >= 11 is 0. The molecule has 2 aromatic carbocycles. The van der Waals surface area contributed by atoms with E-state index < -0.39 is 41.7 Å². The van der Waals surface area contributed by atoms with Crippen LogP contribution in [0.4, 0.5) is 4.39 Å². The van der Waals surface area contributed by atoms with Gasteiger partial charge in [-0.15, -0.1) is 12.4 Å². The number of carbonyl (C=O) groups is 3. The lowest BCUT2D eigenvalue weighted by Gasteiger charge is -2.23. The van der Waals surface area contributed by atoms with E-state index in [-0.39, 0.29) is 24.7 Å². The normalized spacial score (nSPS) is 13.2. The highest BCUT2D eigenvalue weighted by atomic mass is 35.5. The summed E-state index contributed by atoms with van der Waals surface area (Å²) in [4.78, 5) is 39.0. The van der Waals surface area contributed by atoms with Gasteiger partial charge < -0.3 is 16.4 Å². The number of unbranched alkanes of at least 4 members (excludes halogenated alkanes) is 1. The molecule has 210 valence electrons. The Morgan fingerprint density at radius 2 is 1.53 bits per heavy atom. The lowest BCUT2D eigenvalue weighted by molar-refractivity contribution is -0.135. The van der Waals surface area contributed by atoms with Crippen molar-refractivity contribution in [3.05, 3.63) is 71.5 Å². The molecule has 3 amide bonds. The minimum absolute atomic E-state index is 0. The molecule has 7 nitrogen and oxygen atoms in total.